The van der Waals surface area contributed by atoms with Gasteiger partial charge in [0, 0.05) is 39.0 Å². The Balaban J connectivity index is 1.51. The fourth-order valence-corrected chi connectivity index (χ4v) is 5.22. The van der Waals surface area contributed by atoms with Gasteiger partial charge in [-0.3, -0.25) is 9.59 Å². The summed E-state index contributed by atoms with van der Waals surface area (Å²) in [5.74, 6) is -0.484. The van der Waals surface area contributed by atoms with Crippen molar-refractivity contribution in [2.45, 2.75) is 6.54 Å². The highest BCUT2D eigenvalue weighted by Gasteiger charge is 2.18. The molecule has 0 bridgehead atoms. The standard InChI is InChI=1S/C33H23ClN2O2/c34-26-15-12-22(13-16-26)24-14-17-27-30(19-24)36(29-11-5-10-28(31(27)29)33(35)38)20-21-6-4-9-25(18-21)32(37)23-7-2-1-3-8-23/h1-19H,20H2,(H2,35,38). The molecule has 38 heavy (non-hydrogen) atoms. The van der Waals surface area contributed by atoms with Crippen molar-refractivity contribution in [3.05, 3.63) is 143 Å². The van der Waals surface area contributed by atoms with Gasteiger partial charge >= 0.3 is 0 Å². The van der Waals surface area contributed by atoms with Crippen molar-refractivity contribution in [2.75, 3.05) is 0 Å². The van der Waals surface area contributed by atoms with Crippen molar-refractivity contribution in [1.29, 1.82) is 0 Å². The molecule has 0 spiro atoms. The molecule has 2 N–H and O–H groups in total. The molecule has 0 atom stereocenters. The molecule has 0 radical (unpaired) electrons. The quantitative estimate of drug-likeness (QED) is 0.234. The molecule has 0 saturated heterocycles. The number of hydrogen-bond donors (Lipinski definition) is 1. The van der Waals surface area contributed by atoms with E-state index < -0.39 is 5.91 Å². The van der Waals surface area contributed by atoms with Gasteiger partial charge in [-0.2, -0.15) is 0 Å². The minimum atomic E-state index is -0.466. The molecule has 0 aliphatic carbocycles. The Morgan fingerprint density at radius 3 is 2.16 bits per heavy atom. The maximum Gasteiger partial charge on any atom is 0.249 e. The van der Waals surface area contributed by atoms with E-state index in [1.54, 1.807) is 6.07 Å². The summed E-state index contributed by atoms with van der Waals surface area (Å²) in [5.41, 5.74) is 12.5. The number of nitrogens with two attached hydrogens (primary N) is 1. The predicted octanol–water partition coefficient (Wildman–Crippen LogP) is 7.49. The molecule has 0 unspecified atom stereocenters. The van der Waals surface area contributed by atoms with Crippen molar-refractivity contribution in [3.63, 3.8) is 0 Å². The fourth-order valence-electron chi connectivity index (χ4n) is 5.09. The first-order chi connectivity index (χ1) is 18.5. The number of benzene rings is 5. The molecule has 6 rings (SSSR count). The largest absolute Gasteiger partial charge is 0.366 e. The highest BCUT2D eigenvalue weighted by atomic mass is 35.5. The molecule has 1 aromatic heterocycles. The summed E-state index contributed by atoms with van der Waals surface area (Å²) >= 11 is 6.11. The molecule has 5 heteroatoms. The van der Waals surface area contributed by atoms with Gasteiger partial charge < -0.3 is 10.3 Å². The lowest BCUT2D eigenvalue weighted by atomic mass is 10.0. The van der Waals surface area contributed by atoms with Gasteiger partial charge in [0.25, 0.3) is 0 Å². The Morgan fingerprint density at radius 1 is 0.684 bits per heavy atom. The molecule has 0 aliphatic heterocycles. The predicted molar refractivity (Wildman–Crippen MR) is 154 cm³/mol. The third kappa shape index (κ3) is 4.25. The van der Waals surface area contributed by atoms with E-state index in [1.807, 2.05) is 103 Å². The van der Waals surface area contributed by atoms with E-state index in [-0.39, 0.29) is 5.78 Å². The van der Waals surface area contributed by atoms with Crippen LogP contribution in [0.1, 0.15) is 31.8 Å². The number of nitrogens with zero attached hydrogens (tertiary/aromatic N) is 1. The van der Waals surface area contributed by atoms with Crippen LogP contribution in [0.4, 0.5) is 0 Å². The van der Waals surface area contributed by atoms with Gasteiger partial charge in [-0.05, 0) is 53.1 Å². The highest BCUT2D eigenvalue weighted by molar-refractivity contribution is 6.30. The zero-order valence-corrected chi connectivity index (χ0v) is 21.2. The first kappa shape index (κ1) is 23.7. The van der Waals surface area contributed by atoms with Gasteiger partial charge in [0.15, 0.2) is 5.78 Å². The average Bonchev–Trinajstić information content (AvgIpc) is 3.26. The van der Waals surface area contributed by atoms with Crippen LogP contribution in [0.5, 0.6) is 0 Å². The van der Waals surface area contributed by atoms with Crippen molar-refractivity contribution in [1.82, 2.24) is 4.57 Å². The van der Waals surface area contributed by atoms with Crippen LogP contribution < -0.4 is 5.73 Å². The summed E-state index contributed by atoms with van der Waals surface area (Å²) in [7, 11) is 0. The Hall–Kier alpha value is -4.67. The van der Waals surface area contributed by atoms with Gasteiger partial charge in [-0.15, -0.1) is 0 Å². The summed E-state index contributed by atoms with van der Waals surface area (Å²) in [6.07, 6.45) is 0. The van der Waals surface area contributed by atoms with E-state index in [1.165, 1.54) is 0 Å². The van der Waals surface area contributed by atoms with Crippen LogP contribution in [0.15, 0.2) is 115 Å². The average molecular weight is 515 g/mol. The number of primary amides is 1. The molecule has 0 aliphatic rings. The Bertz CT molecular complexity index is 1840. The van der Waals surface area contributed by atoms with E-state index in [2.05, 4.69) is 10.6 Å². The first-order valence-electron chi connectivity index (χ1n) is 12.3. The second-order valence-corrected chi connectivity index (χ2v) is 9.72. The van der Waals surface area contributed by atoms with Crippen LogP contribution in [-0.2, 0) is 6.54 Å². The molecule has 1 amide bonds. The molecular formula is C33H23ClN2O2. The molecule has 184 valence electrons. The summed E-state index contributed by atoms with van der Waals surface area (Å²) < 4.78 is 2.18. The number of carbonyl (C=O) groups excluding carboxylic acids is 2. The number of aromatic nitrogens is 1. The minimum Gasteiger partial charge on any atom is -0.366 e. The maximum atomic E-state index is 13.1. The van der Waals surface area contributed by atoms with Gasteiger partial charge in [0.05, 0.1) is 11.0 Å². The lowest BCUT2D eigenvalue weighted by Crippen LogP contribution is -2.11. The number of fused-ring (bicyclic) bond motifs is 3. The number of halogens is 1. The molecule has 4 nitrogen and oxygen atoms in total. The summed E-state index contributed by atoms with van der Waals surface area (Å²) in [5, 5.41) is 2.46. The topological polar surface area (TPSA) is 65.1 Å². The number of amides is 1. The third-order valence-corrected chi connectivity index (χ3v) is 7.15. The Kier molecular flexibility index (Phi) is 6.02. The van der Waals surface area contributed by atoms with E-state index in [9.17, 15) is 9.59 Å². The number of carbonyl (C=O) groups is 2. The van der Waals surface area contributed by atoms with Gasteiger partial charge in [-0.1, -0.05) is 90.5 Å². The van der Waals surface area contributed by atoms with Gasteiger partial charge in [0.2, 0.25) is 5.91 Å². The summed E-state index contributed by atoms with van der Waals surface area (Å²) in [4.78, 5) is 25.5. The van der Waals surface area contributed by atoms with E-state index >= 15 is 0 Å². The SMILES string of the molecule is NC(=O)c1cccc2c1c1ccc(-c3ccc(Cl)cc3)cc1n2Cc1cccc(C(=O)c2ccccc2)c1. The van der Waals surface area contributed by atoms with Crippen LogP contribution in [0.2, 0.25) is 5.02 Å². The van der Waals surface area contributed by atoms with Crippen molar-refractivity contribution < 1.29 is 9.59 Å². The normalized spacial score (nSPS) is 11.2. The van der Waals surface area contributed by atoms with E-state index in [0.29, 0.717) is 28.3 Å². The lowest BCUT2D eigenvalue weighted by molar-refractivity contribution is 0.1000. The smallest absolute Gasteiger partial charge is 0.249 e. The molecular weight excluding hydrogens is 492 g/mol. The number of rotatable bonds is 6. The summed E-state index contributed by atoms with van der Waals surface area (Å²) in [6, 6.07) is 36.5. The van der Waals surface area contributed by atoms with Crippen LogP contribution >= 0.6 is 11.6 Å². The zero-order chi connectivity index (χ0) is 26.2. The monoisotopic (exact) mass is 514 g/mol. The minimum absolute atomic E-state index is 0.0179. The first-order valence-corrected chi connectivity index (χ1v) is 12.7. The number of ketones is 1. The maximum absolute atomic E-state index is 13.1. The fraction of sp³-hybridized carbons (Fsp3) is 0.0303. The molecule has 5 aromatic carbocycles. The van der Waals surface area contributed by atoms with Crippen molar-refractivity contribution in [3.8, 4) is 11.1 Å². The second-order valence-electron chi connectivity index (χ2n) is 9.28. The van der Waals surface area contributed by atoms with Crippen LogP contribution in [-0.4, -0.2) is 16.3 Å². The Morgan fingerprint density at radius 2 is 1.39 bits per heavy atom. The van der Waals surface area contributed by atoms with Gasteiger partial charge in [0.1, 0.15) is 0 Å². The molecule has 6 aromatic rings. The molecule has 0 fully saturated rings. The number of hydrogen-bond acceptors (Lipinski definition) is 2. The summed E-state index contributed by atoms with van der Waals surface area (Å²) in [6.45, 7) is 0.516. The van der Waals surface area contributed by atoms with Crippen molar-refractivity contribution in [2.24, 2.45) is 5.73 Å². The Labute approximate surface area is 224 Å². The molecule has 1 heterocycles. The van der Waals surface area contributed by atoms with Crippen LogP contribution in [0, 0.1) is 0 Å². The third-order valence-electron chi connectivity index (χ3n) is 6.90. The highest BCUT2D eigenvalue weighted by Crippen LogP contribution is 2.35. The van der Waals surface area contributed by atoms with Crippen LogP contribution in [0.25, 0.3) is 32.9 Å². The van der Waals surface area contributed by atoms with Crippen LogP contribution in [0.3, 0.4) is 0 Å². The molecule has 0 saturated carbocycles. The van der Waals surface area contributed by atoms with Crippen molar-refractivity contribution >= 4 is 45.1 Å². The van der Waals surface area contributed by atoms with Gasteiger partial charge in [-0.25, -0.2) is 0 Å². The second kappa shape index (κ2) is 9.66. The lowest BCUT2D eigenvalue weighted by Gasteiger charge is -2.11. The zero-order valence-electron chi connectivity index (χ0n) is 20.4. The van der Waals surface area contributed by atoms with E-state index in [4.69, 9.17) is 17.3 Å². The van der Waals surface area contributed by atoms with E-state index in [0.717, 1.165) is 38.5 Å².